The molecule has 2 aromatic carbocycles. The standard InChI is InChI=1S/C19H21N5O/c1-12-6-3-4-9-15(12)17-11-16(13-7-5-8-14(10-13)25-2)21-19-22-18(20)23-24(17)19/h3-10,16-17H,11H2,1-2H3,(H3,20,21,22,23)/t16-,17+/m0/s1. The first-order chi connectivity index (χ1) is 12.2. The normalized spacial score (nSPS) is 19.1. The number of anilines is 2. The second-order valence-electron chi connectivity index (χ2n) is 6.32. The molecule has 128 valence electrons. The van der Waals surface area contributed by atoms with E-state index in [1.807, 2.05) is 16.8 Å². The second kappa shape index (κ2) is 6.12. The Balaban J connectivity index is 1.77. The van der Waals surface area contributed by atoms with Crippen molar-refractivity contribution in [3.05, 3.63) is 65.2 Å². The number of aromatic nitrogens is 3. The largest absolute Gasteiger partial charge is 0.497 e. The number of hydrogen-bond acceptors (Lipinski definition) is 5. The molecule has 0 amide bonds. The lowest BCUT2D eigenvalue weighted by Gasteiger charge is -2.32. The van der Waals surface area contributed by atoms with Crippen LogP contribution in [0.4, 0.5) is 11.9 Å². The van der Waals surface area contributed by atoms with Crippen LogP contribution in [0, 0.1) is 6.92 Å². The summed E-state index contributed by atoms with van der Waals surface area (Å²) < 4.78 is 7.27. The summed E-state index contributed by atoms with van der Waals surface area (Å²) in [5, 5.41) is 7.87. The lowest BCUT2D eigenvalue weighted by molar-refractivity contribution is 0.410. The minimum absolute atomic E-state index is 0.0819. The van der Waals surface area contributed by atoms with Crippen molar-refractivity contribution in [3.63, 3.8) is 0 Å². The van der Waals surface area contributed by atoms with Crippen LogP contribution in [0.2, 0.25) is 0 Å². The first-order valence-electron chi connectivity index (χ1n) is 8.33. The molecule has 1 aliphatic heterocycles. The van der Waals surface area contributed by atoms with Gasteiger partial charge in [0.25, 0.3) is 0 Å². The number of ether oxygens (including phenoxy) is 1. The van der Waals surface area contributed by atoms with Crippen molar-refractivity contribution < 1.29 is 4.74 Å². The fourth-order valence-electron chi connectivity index (χ4n) is 3.49. The van der Waals surface area contributed by atoms with E-state index in [1.165, 1.54) is 11.1 Å². The summed E-state index contributed by atoms with van der Waals surface area (Å²) in [7, 11) is 1.68. The van der Waals surface area contributed by atoms with Crippen LogP contribution in [-0.2, 0) is 0 Å². The lowest BCUT2D eigenvalue weighted by Crippen LogP contribution is -2.28. The maximum Gasteiger partial charge on any atom is 0.241 e. The summed E-state index contributed by atoms with van der Waals surface area (Å²) in [5.41, 5.74) is 9.50. The molecule has 3 aromatic rings. The zero-order valence-corrected chi connectivity index (χ0v) is 14.3. The number of nitrogen functional groups attached to an aromatic ring is 1. The van der Waals surface area contributed by atoms with E-state index in [1.54, 1.807) is 7.11 Å². The molecule has 0 radical (unpaired) electrons. The molecule has 4 rings (SSSR count). The minimum atomic E-state index is 0.0819. The van der Waals surface area contributed by atoms with Crippen LogP contribution < -0.4 is 15.8 Å². The van der Waals surface area contributed by atoms with E-state index in [-0.39, 0.29) is 18.0 Å². The summed E-state index contributed by atoms with van der Waals surface area (Å²) >= 11 is 0. The maximum absolute atomic E-state index is 5.86. The topological polar surface area (TPSA) is 78.0 Å². The van der Waals surface area contributed by atoms with Gasteiger partial charge >= 0.3 is 0 Å². The molecule has 0 saturated carbocycles. The molecule has 0 spiro atoms. The van der Waals surface area contributed by atoms with Crippen molar-refractivity contribution in [1.29, 1.82) is 0 Å². The molecule has 1 aromatic heterocycles. The van der Waals surface area contributed by atoms with Gasteiger partial charge < -0.3 is 15.8 Å². The Kier molecular flexibility index (Phi) is 3.80. The Morgan fingerprint density at radius 2 is 2.04 bits per heavy atom. The highest BCUT2D eigenvalue weighted by molar-refractivity contribution is 5.44. The minimum Gasteiger partial charge on any atom is -0.497 e. The van der Waals surface area contributed by atoms with Crippen molar-refractivity contribution in [1.82, 2.24) is 14.8 Å². The van der Waals surface area contributed by atoms with Crippen LogP contribution in [0.15, 0.2) is 48.5 Å². The number of nitrogens with one attached hydrogen (secondary N) is 1. The van der Waals surface area contributed by atoms with Gasteiger partial charge in [-0.25, -0.2) is 4.68 Å². The number of aryl methyl sites for hydroxylation is 1. The Hall–Kier alpha value is -3.02. The van der Waals surface area contributed by atoms with Crippen molar-refractivity contribution in [2.24, 2.45) is 0 Å². The number of rotatable bonds is 3. The van der Waals surface area contributed by atoms with Crippen molar-refractivity contribution in [2.75, 3.05) is 18.2 Å². The predicted octanol–water partition coefficient (Wildman–Crippen LogP) is 3.32. The van der Waals surface area contributed by atoms with Crippen LogP contribution >= 0.6 is 0 Å². The van der Waals surface area contributed by atoms with Gasteiger partial charge in [-0.15, -0.1) is 5.10 Å². The van der Waals surface area contributed by atoms with Crippen LogP contribution in [0.3, 0.4) is 0 Å². The van der Waals surface area contributed by atoms with E-state index in [0.717, 1.165) is 17.7 Å². The van der Waals surface area contributed by atoms with E-state index in [4.69, 9.17) is 10.5 Å². The number of nitrogens with two attached hydrogens (primary N) is 1. The summed E-state index contributed by atoms with van der Waals surface area (Å²) in [5.74, 6) is 1.83. The van der Waals surface area contributed by atoms with Crippen LogP contribution in [0.5, 0.6) is 5.75 Å². The molecule has 2 heterocycles. The molecule has 0 fully saturated rings. The van der Waals surface area contributed by atoms with Crippen LogP contribution in [0.1, 0.15) is 35.2 Å². The van der Waals surface area contributed by atoms with Crippen molar-refractivity contribution in [2.45, 2.75) is 25.4 Å². The Morgan fingerprint density at radius 1 is 1.20 bits per heavy atom. The van der Waals surface area contributed by atoms with Gasteiger partial charge in [0.2, 0.25) is 11.9 Å². The average molecular weight is 335 g/mol. The van der Waals surface area contributed by atoms with E-state index in [0.29, 0.717) is 5.95 Å². The summed E-state index contributed by atoms with van der Waals surface area (Å²) in [6, 6.07) is 16.7. The molecule has 0 bridgehead atoms. The number of fused-ring (bicyclic) bond motifs is 1. The third-order valence-electron chi connectivity index (χ3n) is 4.75. The molecule has 1 aliphatic rings. The van der Waals surface area contributed by atoms with Gasteiger partial charge in [-0.3, -0.25) is 0 Å². The van der Waals surface area contributed by atoms with E-state index in [2.05, 4.69) is 58.7 Å². The first kappa shape index (κ1) is 15.5. The fraction of sp³-hybridized carbons (Fsp3) is 0.263. The summed E-state index contributed by atoms with van der Waals surface area (Å²) in [6.07, 6.45) is 0.855. The monoisotopic (exact) mass is 335 g/mol. The highest BCUT2D eigenvalue weighted by Crippen LogP contribution is 2.39. The smallest absolute Gasteiger partial charge is 0.241 e. The average Bonchev–Trinajstić information content (AvgIpc) is 3.01. The Morgan fingerprint density at radius 3 is 2.84 bits per heavy atom. The molecule has 0 unspecified atom stereocenters. The number of nitrogens with zero attached hydrogens (tertiary/aromatic N) is 3. The zero-order valence-electron chi connectivity index (χ0n) is 14.3. The summed E-state index contributed by atoms with van der Waals surface area (Å²) in [4.78, 5) is 4.36. The van der Waals surface area contributed by atoms with Gasteiger partial charge in [-0.1, -0.05) is 36.4 Å². The van der Waals surface area contributed by atoms with Gasteiger partial charge in [0.15, 0.2) is 0 Å². The maximum atomic E-state index is 5.86. The third-order valence-corrected chi connectivity index (χ3v) is 4.75. The zero-order chi connectivity index (χ0) is 17.4. The quantitative estimate of drug-likeness (QED) is 0.768. The first-order valence-corrected chi connectivity index (χ1v) is 8.33. The highest BCUT2D eigenvalue weighted by Gasteiger charge is 2.31. The van der Waals surface area contributed by atoms with E-state index < -0.39 is 0 Å². The third kappa shape index (κ3) is 2.80. The van der Waals surface area contributed by atoms with Crippen molar-refractivity contribution >= 4 is 11.9 Å². The van der Waals surface area contributed by atoms with Gasteiger partial charge in [0.05, 0.1) is 19.2 Å². The molecule has 0 saturated heterocycles. The highest BCUT2D eigenvalue weighted by atomic mass is 16.5. The van der Waals surface area contributed by atoms with Crippen molar-refractivity contribution in [3.8, 4) is 5.75 Å². The van der Waals surface area contributed by atoms with E-state index in [9.17, 15) is 0 Å². The predicted molar refractivity (Wildman–Crippen MR) is 97.7 cm³/mol. The molecule has 3 N–H and O–H groups in total. The molecule has 6 nitrogen and oxygen atoms in total. The molecule has 2 atom stereocenters. The number of benzene rings is 2. The summed E-state index contributed by atoms with van der Waals surface area (Å²) in [6.45, 7) is 2.12. The van der Waals surface area contributed by atoms with Crippen LogP contribution in [-0.4, -0.2) is 21.9 Å². The molecular formula is C19H21N5O. The van der Waals surface area contributed by atoms with Gasteiger partial charge in [0.1, 0.15) is 5.75 Å². The molecule has 25 heavy (non-hydrogen) atoms. The molecule has 0 aliphatic carbocycles. The van der Waals surface area contributed by atoms with E-state index >= 15 is 0 Å². The number of methoxy groups -OCH3 is 1. The Labute approximate surface area is 146 Å². The van der Waals surface area contributed by atoms with Gasteiger partial charge in [-0.2, -0.15) is 4.98 Å². The Bertz CT molecular complexity index is 904. The van der Waals surface area contributed by atoms with Crippen LogP contribution in [0.25, 0.3) is 0 Å². The fourth-order valence-corrected chi connectivity index (χ4v) is 3.49. The molecule has 6 heteroatoms. The number of hydrogen-bond donors (Lipinski definition) is 2. The SMILES string of the molecule is COc1cccc([C@@H]2C[C@H](c3ccccc3C)n3nc(N)nc3N2)c1. The second-order valence-corrected chi connectivity index (χ2v) is 6.32. The molecular weight excluding hydrogens is 314 g/mol. The van der Waals surface area contributed by atoms with Gasteiger partial charge in [-0.05, 0) is 42.2 Å². The van der Waals surface area contributed by atoms with Gasteiger partial charge in [0, 0.05) is 0 Å². The lowest BCUT2D eigenvalue weighted by atomic mass is 9.91.